The van der Waals surface area contributed by atoms with Crippen molar-refractivity contribution in [3.8, 4) is 0 Å². The highest BCUT2D eigenvalue weighted by Gasteiger charge is 2.64. The molecule has 0 bridgehead atoms. The second kappa shape index (κ2) is 4.12. The monoisotopic (exact) mass is 263 g/mol. The number of aliphatic hydroxyl groups is 4. The highest BCUT2D eigenvalue weighted by atomic mass is 16.8. The molecule has 5 N–H and O–H groups in total. The van der Waals surface area contributed by atoms with Crippen LogP contribution in [0.2, 0.25) is 0 Å². The van der Waals surface area contributed by atoms with Crippen LogP contribution in [0.15, 0.2) is 0 Å². The largest absolute Gasteiger partial charge is 0.394 e. The summed E-state index contributed by atoms with van der Waals surface area (Å²) in [5, 5.41) is 40.7. The van der Waals surface area contributed by atoms with E-state index in [1.165, 1.54) is 0 Å². The number of rotatable bonds is 1. The van der Waals surface area contributed by atoms with Crippen molar-refractivity contribution >= 4 is 5.91 Å². The van der Waals surface area contributed by atoms with Crippen molar-refractivity contribution in [3.63, 3.8) is 0 Å². The molecule has 8 nitrogen and oxygen atoms in total. The van der Waals surface area contributed by atoms with Gasteiger partial charge in [0.05, 0.1) is 6.61 Å². The minimum atomic E-state index is -2.12. The Morgan fingerprint density at radius 2 is 1.89 bits per heavy atom. The molecule has 1 amide bonds. The summed E-state index contributed by atoms with van der Waals surface area (Å²) in [5.74, 6) is -2.88. The van der Waals surface area contributed by atoms with E-state index in [1.54, 1.807) is 13.8 Å². The number of hydrogen-bond acceptors (Lipinski definition) is 7. The normalized spacial score (nSPS) is 47.3. The van der Waals surface area contributed by atoms with Gasteiger partial charge in [-0.25, -0.2) is 0 Å². The summed E-state index contributed by atoms with van der Waals surface area (Å²) in [7, 11) is 0. The molecule has 0 unspecified atom stereocenters. The van der Waals surface area contributed by atoms with Crippen LogP contribution in [0.3, 0.4) is 0 Å². The Kier molecular flexibility index (Phi) is 3.13. The van der Waals surface area contributed by atoms with Gasteiger partial charge in [-0.05, 0) is 13.8 Å². The molecule has 0 aromatic heterocycles. The van der Waals surface area contributed by atoms with Gasteiger partial charge in [-0.2, -0.15) is 0 Å². The number of aliphatic hydroxyl groups excluding tert-OH is 4. The predicted octanol–water partition coefficient (Wildman–Crippen LogP) is -2.96. The lowest BCUT2D eigenvalue weighted by Crippen LogP contribution is -2.68. The summed E-state index contributed by atoms with van der Waals surface area (Å²) in [6, 6.07) is 0. The summed E-state index contributed by atoms with van der Waals surface area (Å²) in [4.78, 5) is 11.9. The minimum Gasteiger partial charge on any atom is -0.394 e. The van der Waals surface area contributed by atoms with E-state index in [0.717, 1.165) is 0 Å². The Bertz CT molecular complexity index is 358. The van der Waals surface area contributed by atoms with E-state index in [0.29, 0.717) is 0 Å². The highest BCUT2D eigenvalue weighted by Crippen LogP contribution is 2.38. The fourth-order valence-electron chi connectivity index (χ4n) is 2.22. The lowest BCUT2D eigenvalue weighted by atomic mass is 9.92. The third-order valence-corrected chi connectivity index (χ3v) is 3.09. The molecule has 2 rings (SSSR count). The molecule has 2 heterocycles. The van der Waals surface area contributed by atoms with Gasteiger partial charge in [0.1, 0.15) is 30.1 Å². The van der Waals surface area contributed by atoms with E-state index in [-0.39, 0.29) is 0 Å². The number of hydrogen-bond donors (Lipinski definition) is 5. The van der Waals surface area contributed by atoms with Crippen molar-refractivity contribution in [2.45, 2.75) is 49.8 Å². The van der Waals surface area contributed by atoms with E-state index in [9.17, 15) is 20.1 Å². The first-order valence-electron chi connectivity index (χ1n) is 5.59. The molecule has 1 spiro atoms. The van der Waals surface area contributed by atoms with Gasteiger partial charge in [-0.15, -0.1) is 0 Å². The van der Waals surface area contributed by atoms with E-state index in [1.807, 2.05) is 0 Å². The van der Waals surface area contributed by atoms with Crippen LogP contribution in [0.4, 0.5) is 0 Å². The van der Waals surface area contributed by atoms with Gasteiger partial charge in [-0.3, -0.25) is 4.79 Å². The third kappa shape index (κ3) is 1.81. The fourth-order valence-corrected chi connectivity index (χ4v) is 2.22. The zero-order valence-corrected chi connectivity index (χ0v) is 10.0. The molecule has 2 aliphatic rings. The van der Waals surface area contributed by atoms with E-state index < -0.39 is 48.4 Å². The predicted molar refractivity (Wildman–Crippen MR) is 56.0 cm³/mol. The van der Waals surface area contributed by atoms with Crippen LogP contribution in [-0.4, -0.2) is 68.9 Å². The molecule has 0 aromatic rings. The second-order valence-electron chi connectivity index (χ2n) is 5.00. The minimum absolute atomic E-state index is 0.621. The summed E-state index contributed by atoms with van der Waals surface area (Å²) in [6.45, 7) is 2.46. The van der Waals surface area contributed by atoms with Crippen LogP contribution in [0, 0.1) is 0 Å². The fraction of sp³-hybridized carbons (Fsp3) is 0.900. The molecule has 0 aromatic carbocycles. The van der Waals surface area contributed by atoms with Crippen molar-refractivity contribution in [2.75, 3.05) is 6.61 Å². The summed E-state index contributed by atoms with van der Waals surface area (Å²) >= 11 is 0. The van der Waals surface area contributed by atoms with Crippen molar-refractivity contribution < 1.29 is 34.7 Å². The van der Waals surface area contributed by atoms with E-state index in [2.05, 4.69) is 5.32 Å². The van der Waals surface area contributed by atoms with Gasteiger partial charge in [0.2, 0.25) is 0 Å². The lowest BCUT2D eigenvalue weighted by molar-refractivity contribution is -0.350. The van der Waals surface area contributed by atoms with Crippen LogP contribution in [0.5, 0.6) is 0 Å². The Morgan fingerprint density at radius 1 is 1.28 bits per heavy atom. The molecular formula is C10H17NO7. The average molecular weight is 263 g/mol. The van der Waals surface area contributed by atoms with Crippen LogP contribution in [0.1, 0.15) is 13.8 Å². The van der Waals surface area contributed by atoms with Crippen molar-refractivity contribution in [1.29, 1.82) is 0 Å². The van der Waals surface area contributed by atoms with Gasteiger partial charge in [0.25, 0.3) is 11.7 Å². The zero-order valence-electron chi connectivity index (χ0n) is 10.0. The molecule has 2 aliphatic heterocycles. The van der Waals surface area contributed by atoms with Gasteiger partial charge in [-0.1, -0.05) is 0 Å². The quantitative estimate of drug-likeness (QED) is 0.342. The molecule has 8 heteroatoms. The van der Waals surface area contributed by atoms with Crippen LogP contribution >= 0.6 is 0 Å². The Balaban J connectivity index is 2.35. The standard InChI is InChI=1S/C10H17NO7/c1-9(2)11-8(16)10(18-9)7(15)6(14)5(13)4(3-12)17-10/h4-7,12-15H,3H2,1-2H3,(H,11,16)/t4-,5-,6+,7-,10+/m1/s1. The molecule has 2 fully saturated rings. The van der Waals surface area contributed by atoms with Crippen molar-refractivity contribution in [2.24, 2.45) is 0 Å². The summed E-state index contributed by atoms with van der Waals surface area (Å²) in [5.41, 5.74) is -1.08. The molecule has 5 atom stereocenters. The SMILES string of the molecule is CC1(C)NC(=O)[C@@]2(O[C@H](CO)[C@@H](O)[C@H](O)[C@H]2O)O1. The first-order chi connectivity index (χ1) is 8.23. The Hall–Kier alpha value is -0.770. The van der Waals surface area contributed by atoms with Crippen LogP contribution in [-0.2, 0) is 14.3 Å². The molecular weight excluding hydrogens is 246 g/mol. The second-order valence-corrected chi connectivity index (χ2v) is 5.00. The maximum Gasteiger partial charge on any atom is 0.285 e. The number of ether oxygens (including phenoxy) is 2. The number of amides is 1. The Morgan fingerprint density at radius 3 is 2.33 bits per heavy atom. The molecule has 2 saturated heterocycles. The molecule has 0 radical (unpaired) electrons. The van der Waals surface area contributed by atoms with E-state index in [4.69, 9.17) is 14.6 Å². The van der Waals surface area contributed by atoms with Gasteiger partial charge in [0, 0.05) is 0 Å². The highest BCUT2D eigenvalue weighted by molar-refractivity contribution is 5.87. The number of nitrogens with one attached hydrogen (secondary N) is 1. The van der Waals surface area contributed by atoms with Gasteiger partial charge >= 0.3 is 0 Å². The lowest BCUT2D eigenvalue weighted by Gasteiger charge is -2.44. The van der Waals surface area contributed by atoms with E-state index >= 15 is 0 Å². The Labute approximate surface area is 103 Å². The van der Waals surface area contributed by atoms with Crippen LogP contribution < -0.4 is 5.32 Å². The zero-order chi connectivity index (χ0) is 13.7. The van der Waals surface area contributed by atoms with Gasteiger partial charge < -0.3 is 35.2 Å². The smallest absolute Gasteiger partial charge is 0.285 e. The topological polar surface area (TPSA) is 128 Å². The maximum absolute atomic E-state index is 11.9. The molecule has 18 heavy (non-hydrogen) atoms. The third-order valence-electron chi connectivity index (χ3n) is 3.09. The summed E-state index contributed by atoms with van der Waals surface area (Å²) in [6.07, 6.45) is -6.13. The van der Waals surface area contributed by atoms with Crippen molar-refractivity contribution in [1.82, 2.24) is 5.32 Å². The van der Waals surface area contributed by atoms with Gasteiger partial charge in [0.15, 0.2) is 0 Å². The summed E-state index contributed by atoms with van der Waals surface area (Å²) < 4.78 is 10.5. The first kappa shape index (κ1) is 13.7. The molecule has 0 aliphatic carbocycles. The van der Waals surface area contributed by atoms with Crippen molar-refractivity contribution in [3.05, 3.63) is 0 Å². The average Bonchev–Trinajstić information content (AvgIpc) is 2.52. The molecule has 104 valence electrons. The molecule has 0 saturated carbocycles. The number of carbonyl (C=O) groups is 1. The first-order valence-corrected chi connectivity index (χ1v) is 5.59. The maximum atomic E-state index is 11.9. The van der Waals surface area contributed by atoms with Crippen LogP contribution in [0.25, 0.3) is 0 Å². The number of carbonyl (C=O) groups excluding carboxylic acids is 1.